The third-order valence-electron chi connectivity index (χ3n) is 5.39. The van der Waals surface area contributed by atoms with E-state index in [1.807, 2.05) is 35.9 Å². The van der Waals surface area contributed by atoms with Gasteiger partial charge in [-0.25, -0.2) is 0 Å². The van der Waals surface area contributed by atoms with Crippen molar-refractivity contribution in [3.8, 4) is 0 Å². The first-order chi connectivity index (χ1) is 17.6. The Labute approximate surface area is 209 Å². The fourth-order valence-corrected chi connectivity index (χ4v) is 3.99. The molecule has 4 aromatic rings. The number of aryl methyl sites for hydroxylation is 1. The molecular weight excluding hydrogens is 488 g/mol. The molecule has 3 aromatic heterocycles. The number of para-hydroxylation sites is 1. The smallest absolute Gasteiger partial charge is 0.303 e. The molecule has 4 rings (SSSR count). The lowest BCUT2D eigenvalue weighted by atomic mass is 10.1. The quantitative estimate of drug-likeness (QED) is 0.245. The minimum absolute atomic E-state index is 0.0567. The van der Waals surface area contributed by atoms with Gasteiger partial charge in [0, 0.05) is 40.1 Å². The number of hydrogen-bond acceptors (Lipinski definition) is 12. The Morgan fingerprint density at radius 1 is 0.892 bits per heavy atom. The van der Waals surface area contributed by atoms with E-state index in [0.29, 0.717) is 11.2 Å². The molecule has 14 nitrogen and oxygen atoms in total. The summed E-state index contributed by atoms with van der Waals surface area (Å²) in [6.45, 7) is 4.06. The number of aromatic nitrogens is 6. The number of nitrogens with zero attached hydrogens (tertiary/aromatic N) is 6. The van der Waals surface area contributed by atoms with Gasteiger partial charge in [-0.05, 0) is 6.07 Å². The molecule has 0 aliphatic rings. The molecule has 0 aliphatic heterocycles. The van der Waals surface area contributed by atoms with Crippen LogP contribution >= 0.6 is 0 Å². The van der Waals surface area contributed by atoms with Crippen molar-refractivity contribution >= 4 is 51.7 Å². The molecule has 1 aromatic carbocycles. The first-order valence-corrected chi connectivity index (χ1v) is 11.2. The summed E-state index contributed by atoms with van der Waals surface area (Å²) in [6, 6.07) is 7.54. The molecule has 0 fully saturated rings. The number of esters is 4. The highest BCUT2D eigenvalue weighted by Crippen LogP contribution is 2.29. The Kier molecular flexibility index (Phi) is 7.00. The van der Waals surface area contributed by atoms with Crippen LogP contribution in [-0.4, -0.2) is 72.1 Å². The molecule has 0 unspecified atom stereocenters. The number of ether oxygens (including phenoxy) is 4. The number of benzene rings is 1. The van der Waals surface area contributed by atoms with Crippen LogP contribution in [0.1, 0.15) is 39.6 Å². The second kappa shape index (κ2) is 10.2. The fraction of sp³-hybridized carbons (Fsp3) is 0.391. The number of hydrogen-bond donors (Lipinski definition) is 0. The number of rotatable bonds is 8. The van der Waals surface area contributed by atoms with Crippen LogP contribution in [0.5, 0.6) is 0 Å². The standard InChI is InChI=1S/C23H24N6O8/c1-11(30)34-10-17(35-12(2)31)19(36-13(3)32)20(37-14(4)33)22-25-26-23-24-21-18(27-29(22)23)15-8-6-7-9-16(15)28(21)5/h6-9,17,19-20H,10H2,1-5H3/t17-,19-,20+/m1/s1. The van der Waals surface area contributed by atoms with Gasteiger partial charge in [-0.3, -0.25) is 19.2 Å². The van der Waals surface area contributed by atoms with Crippen molar-refractivity contribution in [2.45, 2.75) is 46.0 Å². The van der Waals surface area contributed by atoms with E-state index in [9.17, 15) is 19.2 Å². The molecular formula is C23H24N6O8. The average molecular weight is 512 g/mol. The van der Waals surface area contributed by atoms with Crippen LogP contribution in [0.25, 0.3) is 27.8 Å². The zero-order chi connectivity index (χ0) is 26.9. The van der Waals surface area contributed by atoms with Crippen LogP contribution in [-0.2, 0) is 45.2 Å². The Hall–Kier alpha value is -4.62. The summed E-state index contributed by atoms with van der Waals surface area (Å²) >= 11 is 0. The topological polar surface area (TPSA) is 166 Å². The summed E-state index contributed by atoms with van der Waals surface area (Å²) in [5, 5.41) is 13.6. The number of carbonyl (C=O) groups is 4. The molecule has 194 valence electrons. The summed E-state index contributed by atoms with van der Waals surface area (Å²) in [4.78, 5) is 52.0. The lowest BCUT2D eigenvalue weighted by Gasteiger charge is -2.30. The van der Waals surface area contributed by atoms with Crippen LogP contribution in [0.2, 0.25) is 0 Å². The largest absolute Gasteiger partial charge is 0.462 e. The number of fused-ring (bicyclic) bond motifs is 4. The van der Waals surface area contributed by atoms with Crippen molar-refractivity contribution in [2.24, 2.45) is 7.05 Å². The molecule has 0 saturated heterocycles. The van der Waals surface area contributed by atoms with Gasteiger partial charge in [0.15, 0.2) is 17.9 Å². The van der Waals surface area contributed by atoms with Gasteiger partial charge < -0.3 is 23.5 Å². The van der Waals surface area contributed by atoms with Crippen LogP contribution in [0.15, 0.2) is 24.3 Å². The zero-order valence-corrected chi connectivity index (χ0v) is 20.7. The van der Waals surface area contributed by atoms with E-state index in [1.54, 1.807) is 0 Å². The predicted molar refractivity (Wildman–Crippen MR) is 125 cm³/mol. The first-order valence-electron chi connectivity index (χ1n) is 11.2. The van der Waals surface area contributed by atoms with Gasteiger partial charge in [0.2, 0.25) is 11.9 Å². The normalized spacial score (nSPS) is 13.8. The molecule has 3 atom stereocenters. The van der Waals surface area contributed by atoms with Crippen molar-refractivity contribution in [3.05, 3.63) is 30.1 Å². The summed E-state index contributed by atoms with van der Waals surface area (Å²) < 4.78 is 24.3. The minimum Gasteiger partial charge on any atom is -0.462 e. The molecule has 0 aliphatic carbocycles. The highest BCUT2D eigenvalue weighted by Gasteiger charge is 2.42. The summed E-state index contributed by atoms with van der Waals surface area (Å²) in [6.07, 6.45) is -4.28. The van der Waals surface area contributed by atoms with Gasteiger partial charge in [0.1, 0.15) is 12.1 Å². The van der Waals surface area contributed by atoms with Crippen molar-refractivity contribution in [2.75, 3.05) is 6.61 Å². The molecule has 14 heteroatoms. The third kappa shape index (κ3) is 5.17. The summed E-state index contributed by atoms with van der Waals surface area (Å²) in [5.74, 6) is -2.93. The molecule has 0 spiro atoms. The van der Waals surface area contributed by atoms with Crippen LogP contribution in [0, 0.1) is 0 Å². The first kappa shape index (κ1) is 25.5. The minimum atomic E-state index is -1.47. The van der Waals surface area contributed by atoms with E-state index in [0.717, 1.165) is 38.6 Å². The highest BCUT2D eigenvalue weighted by molar-refractivity contribution is 6.04. The second-order valence-corrected chi connectivity index (χ2v) is 8.18. The maximum Gasteiger partial charge on any atom is 0.303 e. The SMILES string of the molecule is CC(=O)OC[C@@H](OC(C)=O)[C@@H](OC(C)=O)[C@H](OC(C)=O)c1nnc2nc3c(nn12)c1ccccc1n3C. The van der Waals surface area contributed by atoms with Gasteiger partial charge in [-0.2, -0.15) is 14.6 Å². The highest BCUT2D eigenvalue weighted by atomic mass is 16.6. The van der Waals surface area contributed by atoms with Crippen molar-refractivity contribution in [1.29, 1.82) is 0 Å². The van der Waals surface area contributed by atoms with Crippen LogP contribution in [0.3, 0.4) is 0 Å². The van der Waals surface area contributed by atoms with E-state index in [2.05, 4.69) is 20.3 Å². The number of carbonyl (C=O) groups excluding carboxylic acids is 4. The maximum atomic E-state index is 12.1. The average Bonchev–Trinajstić information content (AvgIpc) is 3.36. The second-order valence-electron chi connectivity index (χ2n) is 8.18. The molecule has 3 heterocycles. The van der Waals surface area contributed by atoms with Gasteiger partial charge in [0.25, 0.3) is 5.78 Å². The lowest BCUT2D eigenvalue weighted by Crippen LogP contribution is -2.44. The van der Waals surface area contributed by atoms with Crippen LogP contribution in [0.4, 0.5) is 0 Å². The lowest BCUT2D eigenvalue weighted by molar-refractivity contribution is -0.190. The monoisotopic (exact) mass is 512 g/mol. The molecule has 0 radical (unpaired) electrons. The summed E-state index contributed by atoms with van der Waals surface area (Å²) in [7, 11) is 1.84. The Balaban J connectivity index is 1.90. The maximum absolute atomic E-state index is 12.1. The van der Waals surface area contributed by atoms with E-state index >= 15 is 0 Å². The predicted octanol–water partition coefficient (Wildman–Crippen LogP) is 1.19. The van der Waals surface area contributed by atoms with E-state index in [1.165, 1.54) is 4.52 Å². The Morgan fingerprint density at radius 2 is 1.57 bits per heavy atom. The van der Waals surface area contributed by atoms with Crippen molar-refractivity contribution in [3.63, 3.8) is 0 Å². The van der Waals surface area contributed by atoms with Crippen molar-refractivity contribution in [1.82, 2.24) is 29.4 Å². The van der Waals surface area contributed by atoms with Gasteiger partial charge >= 0.3 is 23.9 Å². The molecule has 0 N–H and O–H groups in total. The molecule has 0 saturated carbocycles. The zero-order valence-electron chi connectivity index (χ0n) is 20.7. The van der Waals surface area contributed by atoms with E-state index in [-0.39, 0.29) is 11.6 Å². The fourth-order valence-electron chi connectivity index (χ4n) is 3.99. The molecule has 37 heavy (non-hydrogen) atoms. The Morgan fingerprint density at radius 3 is 2.22 bits per heavy atom. The van der Waals surface area contributed by atoms with E-state index < -0.39 is 48.8 Å². The van der Waals surface area contributed by atoms with Gasteiger partial charge in [-0.1, -0.05) is 18.2 Å². The summed E-state index contributed by atoms with van der Waals surface area (Å²) in [5.41, 5.74) is 1.94. The van der Waals surface area contributed by atoms with Crippen LogP contribution < -0.4 is 0 Å². The molecule has 0 amide bonds. The van der Waals surface area contributed by atoms with Gasteiger partial charge in [-0.15, -0.1) is 10.2 Å². The third-order valence-corrected chi connectivity index (χ3v) is 5.39. The Bertz CT molecular complexity index is 1530. The van der Waals surface area contributed by atoms with E-state index in [4.69, 9.17) is 18.9 Å². The van der Waals surface area contributed by atoms with Crippen molar-refractivity contribution < 1.29 is 38.1 Å². The van der Waals surface area contributed by atoms with Gasteiger partial charge in [0.05, 0.1) is 5.52 Å². The molecule has 0 bridgehead atoms.